The molecule has 1 N–H and O–H groups in total. The first-order valence-corrected chi connectivity index (χ1v) is 11.1. The minimum absolute atomic E-state index is 0.00684. The van der Waals surface area contributed by atoms with E-state index in [9.17, 15) is 18.0 Å². The Kier molecular flexibility index (Phi) is 6.59. The summed E-state index contributed by atoms with van der Waals surface area (Å²) in [4.78, 5) is 24.0. The van der Waals surface area contributed by atoms with Crippen molar-refractivity contribution in [2.24, 2.45) is 0 Å². The first-order valence-electron chi connectivity index (χ1n) is 9.28. The summed E-state index contributed by atoms with van der Waals surface area (Å²) < 4.78 is 28.0. The van der Waals surface area contributed by atoms with E-state index in [1.165, 1.54) is 42.9 Å². The third-order valence-electron chi connectivity index (χ3n) is 4.49. The normalized spacial score (nSPS) is 11.5. The van der Waals surface area contributed by atoms with Crippen LogP contribution in [0.25, 0.3) is 5.69 Å². The van der Waals surface area contributed by atoms with Gasteiger partial charge in [0.15, 0.2) is 5.78 Å². The van der Waals surface area contributed by atoms with Gasteiger partial charge >= 0.3 is 0 Å². The third kappa shape index (κ3) is 5.19. The first kappa shape index (κ1) is 22.7. The lowest BCUT2D eigenvalue weighted by Crippen LogP contribution is -2.35. The zero-order valence-electron chi connectivity index (χ0n) is 17.2. The summed E-state index contributed by atoms with van der Waals surface area (Å²) in [7, 11) is -2.60. The second kappa shape index (κ2) is 9.01. The number of Topliss-reactive ketones (excluding diaryl/α,β-unsaturated/α-hetero) is 1. The number of rotatable bonds is 7. The molecule has 0 radical (unpaired) electrons. The van der Waals surface area contributed by atoms with Gasteiger partial charge in [-0.05, 0) is 44.2 Å². The van der Waals surface area contributed by atoms with E-state index in [4.69, 9.17) is 11.6 Å². The van der Waals surface area contributed by atoms with Crippen LogP contribution in [0.5, 0.6) is 0 Å². The minimum Gasteiger partial charge on any atom is -0.309 e. The van der Waals surface area contributed by atoms with E-state index in [1.807, 2.05) is 0 Å². The second-order valence-corrected chi connectivity index (χ2v) is 9.43. The second-order valence-electron chi connectivity index (χ2n) is 6.95. The molecule has 2 aromatic carbocycles. The van der Waals surface area contributed by atoms with Gasteiger partial charge in [0.2, 0.25) is 15.9 Å². The summed E-state index contributed by atoms with van der Waals surface area (Å²) in [5, 5.41) is 7.57. The molecule has 8 nitrogen and oxygen atoms in total. The van der Waals surface area contributed by atoms with Gasteiger partial charge in [-0.1, -0.05) is 29.8 Å². The van der Waals surface area contributed by atoms with Gasteiger partial charge in [-0.25, -0.2) is 13.1 Å². The highest BCUT2D eigenvalue weighted by Gasteiger charge is 2.24. The Labute approximate surface area is 185 Å². The molecule has 0 saturated carbocycles. The Balaban J connectivity index is 1.76. The van der Waals surface area contributed by atoms with Gasteiger partial charge in [0.1, 0.15) is 5.82 Å². The molecule has 0 saturated heterocycles. The maximum absolute atomic E-state index is 12.8. The van der Waals surface area contributed by atoms with E-state index in [-0.39, 0.29) is 10.7 Å². The van der Waals surface area contributed by atoms with Gasteiger partial charge in [0, 0.05) is 23.7 Å². The molecule has 0 atom stereocenters. The molecule has 0 aliphatic carbocycles. The van der Waals surface area contributed by atoms with Crippen LogP contribution in [0.2, 0.25) is 5.02 Å². The molecule has 1 amide bonds. The van der Waals surface area contributed by atoms with Crippen LogP contribution in [-0.4, -0.2) is 47.8 Å². The molecule has 1 aromatic heterocycles. The molecule has 0 aliphatic rings. The van der Waals surface area contributed by atoms with Gasteiger partial charge in [-0.15, -0.1) is 0 Å². The van der Waals surface area contributed by atoms with Crippen LogP contribution in [0.15, 0.2) is 59.5 Å². The average molecular weight is 461 g/mol. The minimum atomic E-state index is -3.91. The fourth-order valence-electron chi connectivity index (χ4n) is 2.90. The largest absolute Gasteiger partial charge is 0.309 e. The summed E-state index contributed by atoms with van der Waals surface area (Å²) in [6.45, 7) is 2.77. The topological polar surface area (TPSA) is 101 Å². The molecule has 0 fully saturated rings. The molecular weight excluding hydrogens is 440 g/mol. The quantitative estimate of drug-likeness (QED) is 0.545. The Bertz CT molecular complexity index is 1240. The molecule has 31 heavy (non-hydrogen) atoms. The van der Waals surface area contributed by atoms with Gasteiger partial charge in [0.05, 0.1) is 22.8 Å². The molecule has 0 aliphatic heterocycles. The van der Waals surface area contributed by atoms with Crippen LogP contribution in [0.1, 0.15) is 23.0 Å². The molecule has 0 spiro atoms. The fourth-order valence-corrected chi connectivity index (χ4v) is 4.22. The van der Waals surface area contributed by atoms with Crippen molar-refractivity contribution in [3.63, 3.8) is 0 Å². The number of benzene rings is 2. The van der Waals surface area contributed by atoms with Crippen LogP contribution >= 0.6 is 11.6 Å². The zero-order chi connectivity index (χ0) is 22.8. The lowest BCUT2D eigenvalue weighted by Gasteiger charge is -2.17. The lowest BCUT2D eigenvalue weighted by molar-refractivity contribution is -0.116. The van der Waals surface area contributed by atoms with E-state index in [2.05, 4.69) is 10.4 Å². The van der Waals surface area contributed by atoms with E-state index in [1.54, 1.807) is 37.3 Å². The Morgan fingerprint density at radius 3 is 2.42 bits per heavy atom. The van der Waals surface area contributed by atoms with Crippen molar-refractivity contribution < 1.29 is 18.0 Å². The Morgan fingerprint density at radius 1 is 1.13 bits per heavy atom. The van der Waals surface area contributed by atoms with Crippen molar-refractivity contribution in [2.75, 3.05) is 18.9 Å². The van der Waals surface area contributed by atoms with Crippen molar-refractivity contribution in [2.45, 2.75) is 18.7 Å². The van der Waals surface area contributed by atoms with Crippen LogP contribution in [0.4, 0.5) is 5.82 Å². The number of nitrogens with one attached hydrogen (secondary N) is 1. The molecule has 3 aromatic rings. The Hall–Kier alpha value is -3.01. The van der Waals surface area contributed by atoms with Gasteiger partial charge in [-0.2, -0.15) is 9.40 Å². The molecule has 0 bridgehead atoms. The maximum Gasteiger partial charge on any atom is 0.243 e. The summed E-state index contributed by atoms with van der Waals surface area (Å²) >= 11 is 6.04. The number of hydrogen-bond acceptors (Lipinski definition) is 5. The number of carbonyl (C=O) groups is 2. The predicted molar refractivity (Wildman–Crippen MR) is 118 cm³/mol. The smallest absolute Gasteiger partial charge is 0.243 e. The van der Waals surface area contributed by atoms with Gasteiger partial charge < -0.3 is 5.32 Å². The van der Waals surface area contributed by atoms with Gasteiger partial charge in [-0.3, -0.25) is 9.59 Å². The Morgan fingerprint density at radius 2 is 1.81 bits per heavy atom. The van der Waals surface area contributed by atoms with Crippen molar-refractivity contribution >= 4 is 39.1 Å². The van der Waals surface area contributed by atoms with E-state index in [0.717, 1.165) is 4.31 Å². The van der Waals surface area contributed by atoms with E-state index >= 15 is 0 Å². The average Bonchev–Trinajstić information content (AvgIpc) is 3.07. The maximum atomic E-state index is 12.8. The summed E-state index contributed by atoms with van der Waals surface area (Å²) in [6, 6.07) is 14.2. The molecule has 10 heteroatoms. The summed E-state index contributed by atoms with van der Waals surface area (Å²) in [5.41, 5.74) is 1.73. The predicted octanol–water partition coefficient (Wildman–Crippen LogP) is 3.30. The van der Waals surface area contributed by atoms with Crippen molar-refractivity contribution in [3.05, 3.63) is 70.9 Å². The third-order valence-corrected chi connectivity index (χ3v) is 6.54. The highest BCUT2D eigenvalue weighted by atomic mass is 35.5. The number of sulfonamides is 1. The number of nitrogens with zero attached hydrogens (tertiary/aromatic N) is 3. The number of amides is 1. The number of hydrogen-bond donors (Lipinski definition) is 1. The number of likely N-dealkylation sites (N-methyl/N-ethyl adjacent to an activating group) is 1. The van der Waals surface area contributed by atoms with Crippen LogP contribution in [0.3, 0.4) is 0 Å². The number of aryl methyl sites for hydroxylation is 1. The molecule has 162 valence electrons. The lowest BCUT2D eigenvalue weighted by atomic mass is 10.2. The summed E-state index contributed by atoms with van der Waals surface area (Å²) in [6.07, 6.45) is 0. The van der Waals surface area contributed by atoms with Crippen LogP contribution < -0.4 is 5.32 Å². The fraction of sp³-hybridized carbons (Fsp3) is 0.190. The molecule has 3 rings (SSSR count). The molecular formula is C21H21ClN4O4S. The standard InChI is InChI=1S/C21H21ClN4O4S/c1-14-11-20(26(24-14)18-6-4-5-17(22)12-18)23-21(28)13-25(3)31(29,30)19-9-7-16(8-10-19)15(2)27/h4-12H,13H2,1-3H3,(H,23,28). The monoisotopic (exact) mass is 460 g/mol. The van der Waals surface area contributed by atoms with Crippen LogP contribution in [-0.2, 0) is 14.8 Å². The van der Waals surface area contributed by atoms with Crippen molar-refractivity contribution in [3.8, 4) is 5.69 Å². The number of anilines is 1. The SMILES string of the molecule is CC(=O)c1ccc(S(=O)(=O)N(C)CC(=O)Nc2cc(C)nn2-c2cccc(Cl)c2)cc1. The molecule has 0 unspecified atom stereocenters. The van der Waals surface area contributed by atoms with E-state index < -0.39 is 22.5 Å². The number of aromatic nitrogens is 2. The number of carbonyl (C=O) groups excluding carboxylic acids is 2. The number of halogens is 1. The van der Waals surface area contributed by atoms with E-state index in [0.29, 0.717) is 27.8 Å². The number of ketones is 1. The van der Waals surface area contributed by atoms with Crippen molar-refractivity contribution in [1.29, 1.82) is 0 Å². The zero-order valence-corrected chi connectivity index (χ0v) is 18.7. The molecule has 1 heterocycles. The highest BCUT2D eigenvalue weighted by Crippen LogP contribution is 2.21. The first-order chi connectivity index (χ1) is 14.6. The highest BCUT2D eigenvalue weighted by molar-refractivity contribution is 7.89. The van der Waals surface area contributed by atoms with Crippen LogP contribution in [0, 0.1) is 6.92 Å². The summed E-state index contributed by atoms with van der Waals surface area (Å²) in [5.74, 6) is -0.306. The van der Waals surface area contributed by atoms with Crippen molar-refractivity contribution in [1.82, 2.24) is 14.1 Å². The van der Waals surface area contributed by atoms with Gasteiger partial charge in [0.25, 0.3) is 0 Å².